The Kier molecular flexibility index (Phi) is 6.08. The van der Waals surface area contributed by atoms with Crippen LogP contribution in [0.1, 0.15) is 32.3 Å². The number of pyridine rings is 1. The molecule has 1 aliphatic heterocycles. The van der Waals surface area contributed by atoms with E-state index in [4.69, 9.17) is 10.2 Å². The summed E-state index contributed by atoms with van der Waals surface area (Å²) in [6.07, 6.45) is 4.05. The van der Waals surface area contributed by atoms with Gasteiger partial charge in [0.15, 0.2) is 5.01 Å². The van der Waals surface area contributed by atoms with Crippen molar-refractivity contribution in [2.24, 2.45) is 0 Å². The summed E-state index contributed by atoms with van der Waals surface area (Å²) in [6.45, 7) is 4.46. The van der Waals surface area contributed by atoms with E-state index in [0.29, 0.717) is 31.5 Å². The average molecular weight is 493 g/mol. The molecule has 5 heterocycles. The first kappa shape index (κ1) is 23.1. The number of alkyl halides is 1. The molecule has 0 amide bonds. The first-order valence-corrected chi connectivity index (χ1v) is 12.2. The molecule has 0 saturated carbocycles. The van der Waals surface area contributed by atoms with Crippen molar-refractivity contribution >= 4 is 27.7 Å². The Hall–Kier alpha value is -3.62. The Balaban J connectivity index is 1.46. The fraction of sp³-hybridized carbons (Fsp3) is 0.375. The second kappa shape index (κ2) is 9.20. The van der Waals surface area contributed by atoms with Gasteiger partial charge in [0.2, 0.25) is 5.13 Å². The molecule has 0 aliphatic carbocycles. The smallest absolute Gasteiger partial charge is 0.208 e. The van der Waals surface area contributed by atoms with Gasteiger partial charge < -0.3 is 15.3 Å². The maximum atomic E-state index is 13.1. The Morgan fingerprint density at radius 1 is 1.23 bits per heavy atom. The summed E-state index contributed by atoms with van der Waals surface area (Å²) < 4.78 is 14.9. The van der Waals surface area contributed by atoms with E-state index in [1.807, 2.05) is 23.1 Å². The lowest BCUT2D eigenvalue weighted by Gasteiger charge is -2.35. The van der Waals surface area contributed by atoms with Gasteiger partial charge in [0.1, 0.15) is 12.7 Å². The van der Waals surface area contributed by atoms with Crippen molar-refractivity contribution in [2.75, 3.05) is 30.0 Å². The van der Waals surface area contributed by atoms with Crippen LogP contribution >= 0.6 is 11.3 Å². The molecule has 0 radical (unpaired) electrons. The molecule has 1 saturated heterocycles. The van der Waals surface area contributed by atoms with Crippen LogP contribution in [-0.2, 0) is 0 Å². The summed E-state index contributed by atoms with van der Waals surface area (Å²) in [6, 6.07) is 9.89. The van der Waals surface area contributed by atoms with Crippen LogP contribution in [0.3, 0.4) is 0 Å². The highest BCUT2D eigenvalue weighted by molar-refractivity contribution is 7.18. The zero-order valence-corrected chi connectivity index (χ0v) is 20.3. The third-order valence-corrected chi connectivity index (χ3v) is 7.12. The van der Waals surface area contributed by atoms with E-state index in [0.717, 1.165) is 38.3 Å². The molecule has 2 N–H and O–H groups in total. The predicted molar refractivity (Wildman–Crippen MR) is 133 cm³/mol. The molecule has 0 unspecified atom stereocenters. The molecule has 0 atom stereocenters. The van der Waals surface area contributed by atoms with Gasteiger partial charge in [-0.05, 0) is 51.0 Å². The van der Waals surface area contributed by atoms with Crippen molar-refractivity contribution in [1.82, 2.24) is 24.8 Å². The van der Waals surface area contributed by atoms with Crippen LogP contribution in [0.15, 0.2) is 36.7 Å². The van der Waals surface area contributed by atoms with Crippen molar-refractivity contribution in [1.29, 1.82) is 5.26 Å². The topological polar surface area (TPSA) is 115 Å². The summed E-state index contributed by atoms with van der Waals surface area (Å²) in [5.74, 6) is 0. The molecule has 1 fully saturated rings. The molecule has 180 valence electrons. The molecule has 0 aromatic carbocycles. The van der Waals surface area contributed by atoms with Crippen LogP contribution in [-0.4, -0.2) is 61.3 Å². The Morgan fingerprint density at radius 3 is 2.74 bits per heavy atom. The number of aromatic nitrogens is 5. The zero-order valence-electron chi connectivity index (χ0n) is 19.4. The van der Waals surface area contributed by atoms with Crippen molar-refractivity contribution < 1.29 is 9.50 Å². The summed E-state index contributed by atoms with van der Waals surface area (Å²) in [4.78, 5) is 6.73. The molecule has 4 aromatic heterocycles. The van der Waals surface area contributed by atoms with Crippen LogP contribution < -0.4 is 10.2 Å². The molecule has 4 aromatic rings. The third kappa shape index (κ3) is 4.54. The van der Waals surface area contributed by atoms with Gasteiger partial charge in [-0.2, -0.15) is 10.4 Å². The molecule has 11 heteroatoms. The lowest BCUT2D eigenvalue weighted by Crippen LogP contribution is -2.45. The Morgan fingerprint density at radius 2 is 2.03 bits per heavy atom. The standard InChI is InChI=1S/C24H25FN8OS/c1-15(2)29-19-10-20(21-4-3-17-9-16(11-26)12-28-33(17)21)27-13-18(19)22-30-31-23(35-22)32-7-5-24(34,14-25)6-8-32/h3-4,9-10,12-13,15,34H,5-8,14H2,1-2H3,(H,27,29). The fourth-order valence-electron chi connectivity index (χ4n) is 4.15. The monoisotopic (exact) mass is 492 g/mol. The van der Waals surface area contributed by atoms with Crippen molar-refractivity contribution in [2.45, 2.75) is 38.3 Å². The number of hydrogen-bond acceptors (Lipinski definition) is 9. The Labute approximate surface area is 205 Å². The van der Waals surface area contributed by atoms with E-state index in [2.05, 4.69) is 40.5 Å². The summed E-state index contributed by atoms with van der Waals surface area (Å²) in [5.41, 5.74) is 3.35. The Bertz CT molecular complexity index is 1400. The first-order valence-electron chi connectivity index (χ1n) is 11.4. The van der Waals surface area contributed by atoms with E-state index in [9.17, 15) is 9.50 Å². The van der Waals surface area contributed by atoms with E-state index in [1.54, 1.807) is 16.8 Å². The number of rotatable bonds is 6. The number of piperidine rings is 1. The summed E-state index contributed by atoms with van der Waals surface area (Å²) in [7, 11) is 0. The van der Waals surface area contributed by atoms with Gasteiger partial charge in [0, 0.05) is 31.0 Å². The number of nitriles is 1. The number of nitrogens with one attached hydrogen (secondary N) is 1. The van der Waals surface area contributed by atoms with Crippen molar-refractivity contribution in [3.8, 4) is 28.0 Å². The molecular weight excluding hydrogens is 467 g/mol. The SMILES string of the molecule is CC(C)Nc1cc(-c2ccc3cc(C#N)cnn23)ncc1-c1nnc(N2CCC(O)(CF)CC2)s1. The lowest BCUT2D eigenvalue weighted by molar-refractivity contribution is -0.00605. The second-order valence-corrected chi connectivity index (χ2v) is 10.0. The van der Waals surface area contributed by atoms with Crippen LogP contribution in [0.4, 0.5) is 15.2 Å². The largest absolute Gasteiger partial charge is 0.387 e. The minimum atomic E-state index is -1.23. The molecule has 0 bridgehead atoms. The normalized spacial score (nSPS) is 15.5. The van der Waals surface area contributed by atoms with Crippen molar-refractivity contribution in [3.63, 3.8) is 0 Å². The molecule has 5 rings (SSSR count). The van der Waals surface area contributed by atoms with Gasteiger partial charge in [-0.25, -0.2) is 8.91 Å². The van der Waals surface area contributed by atoms with Gasteiger partial charge >= 0.3 is 0 Å². The van der Waals surface area contributed by atoms with Gasteiger partial charge in [-0.1, -0.05) is 11.3 Å². The maximum Gasteiger partial charge on any atom is 0.208 e. The van der Waals surface area contributed by atoms with Crippen LogP contribution in [0, 0.1) is 11.3 Å². The number of fused-ring (bicyclic) bond motifs is 1. The highest BCUT2D eigenvalue weighted by atomic mass is 32.1. The lowest BCUT2D eigenvalue weighted by atomic mass is 9.93. The van der Waals surface area contributed by atoms with E-state index in [1.165, 1.54) is 17.5 Å². The molecular formula is C24H25FN8OS. The predicted octanol–water partition coefficient (Wildman–Crippen LogP) is 3.91. The van der Waals surface area contributed by atoms with Gasteiger partial charge in [0.25, 0.3) is 0 Å². The minimum absolute atomic E-state index is 0.178. The third-order valence-electron chi connectivity index (χ3n) is 6.10. The number of halogens is 1. The summed E-state index contributed by atoms with van der Waals surface area (Å²) >= 11 is 1.45. The minimum Gasteiger partial charge on any atom is -0.387 e. The molecule has 1 aliphatic rings. The summed E-state index contributed by atoms with van der Waals surface area (Å²) in [5, 5.41) is 37.4. The number of hydrogen-bond donors (Lipinski definition) is 2. The van der Waals surface area contributed by atoms with Crippen LogP contribution in [0.5, 0.6) is 0 Å². The van der Waals surface area contributed by atoms with Gasteiger partial charge in [-0.15, -0.1) is 10.2 Å². The highest BCUT2D eigenvalue weighted by Gasteiger charge is 2.33. The van der Waals surface area contributed by atoms with E-state index < -0.39 is 12.3 Å². The van der Waals surface area contributed by atoms with E-state index in [-0.39, 0.29) is 6.04 Å². The fourth-order valence-corrected chi connectivity index (χ4v) is 5.07. The second-order valence-electron chi connectivity index (χ2n) is 9.06. The first-order chi connectivity index (χ1) is 16.9. The number of nitrogens with zero attached hydrogens (tertiary/aromatic N) is 7. The highest BCUT2D eigenvalue weighted by Crippen LogP contribution is 2.37. The van der Waals surface area contributed by atoms with Gasteiger partial charge in [-0.3, -0.25) is 4.98 Å². The van der Waals surface area contributed by atoms with Crippen molar-refractivity contribution in [3.05, 3.63) is 42.2 Å². The van der Waals surface area contributed by atoms with Crippen LogP contribution in [0.2, 0.25) is 0 Å². The van der Waals surface area contributed by atoms with Crippen LogP contribution in [0.25, 0.3) is 27.5 Å². The molecule has 9 nitrogen and oxygen atoms in total. The average Bonchev–Trinajstić information content (AvgIpc) is 3.51. The van der Waals surface area contributed by atoms with Gasteiger partial charge in [0.05, 0.1) is 39.8 Å². The van der Waals surface area contributed by atoms with E-state index >= 15 is 0 Å². The zero-order chi connectivity index (χ0) is 24.6. The molecule has 35 heavy (non-hydrogen) atoms. The number of aliphatic hydroxyl groups is 1. The molecule has 0 spiro atoms. The maximum absolute atomic E-state index is 13.1. The quantitative estimate of drug-likeness (QED) is 0.416. The number of anilines is 2.